The molecule has 3 heteroatoms. The first-order valence-corrected chi connectivity index (χ1v) is 7.45. The molecular formula is C12H18BrNS. The monoisotopic (exact) mass is 287 g/mol. The van der Waals surface area contributed by atoms with E-state index in [-0.39, 0.29) is 6.04 Å². The zero-order chi connectivity index (χ0) is 10.7. The van der Waals surface area contributed by atoms with Crippen molar-refractivity contribution >= 4 is 27.3 Å². The van der Waals surface area contributed by atoms with Gasteiger partial charge in [0.25, 0.3) is 0 Å². The number of hydrogen-bond acceptors (Lipinski definition) is 2. The third-order valence-corrected chi connectivity index (χ3v) is 5.33. The summed E-state index contributed by atoms with van der Waals surface area (Å²) in [6.07, 6.45) is 8.14. The van der Waals surface area contributed by atoms with Gasteiger partial charge in [-0.3, -0.25) is 0 Å². The van der Waals surface area contributed by atoms with Crippen molar-refractivity contribution in [2.24, 2.45) is 11.7 Å². The lowest BCUT2D eigenvalue weighted by atomic mass is 9.91. The minimum atomic E-state index is 0.248. The van der Waals surface area contributed by atoms with Crippen molar-refractivity contribution < 1.29 is 0 Å². The van der Waals surface area contributed by atoms with E-state index in [1.807, 2.05) is 0 Å². The van der Waals surface area contributed by atoms with Gasteiger partial charge in [0.2, 0.25) is 0 Å². The highest BCUT2D eigenvalue weighted by Crippen LogP contribution is 2.37. The fraction of sp³-hybridized carbons (Fsp3) is 0.667. The Morgan fingerprint density at radius 3 is 2.47 bits per heavy atom. The van der Waals surface area contributed by atoms with Crippen molar-refractivity contribution in [3.63, 3.8) is 0 Å². The minimum Gasteiger partial charge on any atom is -0.323 e. The van der Waals surface area contributed by atoms with E-state index in [0.717, 1.165) is 0 Å². The van der Waals surface area contributed by atoms with E-state index in [1.54, 1.807) is 11.3 Å². The first kappa shape index (κ1) is 11.6. The summed E-state index contributed by atoms with van der Waals surface area (Å²) in [5.41, 5.74) is 6.36. The van der Waals surface area contributed by atoms with Crippen LogP contribution in [0.25, 0.3) is 0 Å². The third-order valence-electron chi connectivity index (χ3n) is 3.36. The molecule has 1 aliphatic rings. The van der Waals surface area contributed by atoms with Gasteiger partial charge in [-0.05, 0) is 46.1 Å². The molecule has 1 atom stereocenters. The second kappa shape index (κ2) is 5.46. The highest BCUT2D eigenvalue weighted by atomic mass is 79.9. The maximum Gasteiger partial charge on any atom is 0.0429 e. The average molecular weight is 288 g/mol. The summed E-state index contributed by atoms with van der Waals surface area (Å²) in [6, 6.07) is 2.36. The quantitative estimate of drug-likeness (QED) is 0.798. The molecule has 84 valence electrons. The molecule has 1 aromatic rings. The molecule has 1 unspecified atom stereocenters. The summed E-state index contributed by atoms with van der Waals surface area (Å²) < 4.78 is 1.20. The Kier molecular flexibility index (Phi) is 4.23. The molecule has 2 rings (SSSR count). The van der Waals surface area contributed by atoms with Gasteiger partial charge in [0, 0.05) is 15.4 Å². The van der Waals surface area contributed by atoms with Gasteiger partial charge >= 0.3 is 0 Å². The number of nitrogens with two attached hydrogens (primary N) is 1. The number of halogens is 1. The summed E-state index contributed by atoms with van der Waals surface area (Å²) in [7, 11) is 0. The van der Waals surface area contributed by atoms with Crippen molar-refractivity contribution in [1.29, 1.82) is 0 Å². The Bertz CT molecular complexity index is 302. The number of hydrogen-bond donors (Lipinski definition) is 1. The lowest BCUT2D eigenvalue weighted by molar-refractivity contribution is 0.385. The molecular weight excluding hydrogens is 270 g/mol. The van der Waals surface area contributed by atoms with Crippen LogP contribution in [0, 0.1) is 5.92 Å². The predicted molar refractivity (Wildman–Crippen MR) is 70.1 cm³/mol. The Balaban J connectivity index is 2.06. The Morgan fingerprint density at radius 1 is 1.27 bits per heavy atom. The summed E-state index contributed by atoms with van der Waals surface area (Å²) in [5.74, 6) is 0.697. The van der Waals surface area contributed by atoms with E-state index in [0.29, 0.717) is 5.92 Å². The normalized spacial score (nSPS) is 21.2. The molecule has 15 heavy (non-hydrogen) atoms. The van der Waals surface area contributed by atoms with Gasteiger partial charge in [-0.25, -0.2) is 0 Å². The van der Waals surface area contributed by atoms with E-state index < -0.39 is 0 Å². The predicted octanol–water partition coefficient (Wildman–Crippen LogP) is 4.48. The molecule has 2 N–H and O–H groups in total. The molecule has 1 aromatic heterocycles. The second-order valence-corrected chi connectivity index (χ2v) is 6.21. The fourth-order valence-corrected chi connectivity index (χ4v) is 4.16. The van der Waals surface area contributed by atoms with Gasteiger partial charge < -0.3 is 5.73 Å². The Morgan fingerprint density at radius 2 is 1.93 bits per heavy atom. The topological polar surface area (TPSA) is 26.0 Å². The van der Waals surface area contributed by atoms with E-state index in [9.17, 15) is 0 Å². The molecule has 0 aliphatic heterocycles. The van der Waals surface area contributed by atoms with Crippen LogP contribution < -0.4 is 5.73 Å². The molecule has 1 heterocycles. The van der Waals surface area contributed by atoms with Crippen molar-refractivity contribution in [3.05, 3.63) is 20.8 Å². The lowest BCUT2D eigenvalue weighted by Crippen LogP contribution is -2.20. The smallest absolute Gasteiger partial charge is 0.0429 e. The van der Waals surface area contributed by atoms with Gasteiger partial charge in [-0.2, -0.15) is 0 Å². The zero-order valence-corrected chi connectivity index (χ0v) is 11.3. The first-order chi connectivity index (χ1) is 7.29. The van der Waals surface area contributed by atoms with Gasteiger partial charge in [0.15, 0.2) is 0 Å². The van der Waals surface area contributed by atoms with Crippen LogP contribution in [0.15, 0.2) is 15.9 Å². The minimum absolute atomic E-state index is 0.248. The van der Waals surface area contributed by atoms with Crippen molar-refractivity contribution in [1.82, 2.24) is 0 Å². The van der Waals surface area contributed by atoms with Crippen LogP contribution in [0.1, 0.15) is 49.4 Å². The number of rotatable bonds is 2. The van der Waals surface area contributed by atoms with Crippen molar-refractivity contribution in [2.45, 2.75) is 44.6 Å². The second-order valence-electron chi connectivity index (χ2n) is 4.41. The van der Waals surface area contributed by atoms with Crippen LogP contribution in [-0.2, 0) is 0 Å². The molecule has 1 aliphatic carbocycles. The average Bonchev–Trinajstić information content (AvgIpc) is 2.53. The van der Waals surface area contributed by atoms with Crippen LogP contribution in [0.3, 0.4) is 0 Å². The van der Waals surface area contributed by atoms with Gasteiger partial charge in [-0.15, -0.1) is 11.3 Å². The van der Waals surface area contributed by atoms with E-state index in [2.05, 4.69) is 27.4 Å². The molecule has 0 bridgehead atoms. The van der Waals surface area contributed by atoms with Gasteiger partial charge in [0.1, 0.15) is 0 Å². The van der Waals surface area contributed by atoms with E-state index in [4.69, 9.17) is 5.73 Å². The maximum absolute atomic E-state index is 6.36. The van der Waals surface area contributed by atoms with Crippen molar-refractivity contribution in [3.8, 4) is 0 Å². The molecule has 0 aromatic carbocycles. The molecule has 0 radical (unpaired) electrons. The zero-order valence-electron chi connectivity index (χ0n) is 8.92. The molecule has 0 amide bonds. The molecule has 0 saturated heterocycles. The summed E-state index contributed by atoms with van der Waals surface area (Å²) in [4.78, 5) is 1.34. The Labute approximate surface area is 104 Å². The highest BCUT2D eigenvalue weighted by Gasteiger charge is 2.23. The fourth-order valence-electron chi connectivity index (χ4n) is 2.43. The van der Waals surface area contributed by atoms with Crippen molar-refractivity contribution in [2.75, 3.05) is 0 Å². The lowest BCUT2D eigenvalue weighted by Gasteiger charge is -2.21. The van der Waals surface area contributed by atoms with Crippen LogP contribution in [0.2, 0.25) is 0 Å². The third kappa shape index (κ3) is 2.83. The van der Waals surface area contributed by atoms with E-state index in [1.165, 1.54) is 47.9 Å². The maximum atomic E-state index is 6.36. The molecule has 1 saturated carbocycles. The Hall–Kier alpha value is 0.140. The van der Waals surface area contributed by atoms with Gasteiger partial charge in [-0.1, -0.05) is 25.7 Å². The van der Waals surface area contributed by atoms with Crippen LogP contribution in [0.5, 0.6) is 0 Å². The van der Waals surface area contributed by atoms with Crippen LogP contribution in [0.4, 0.5) is 0 Å². The SMILES string of the molecule is NC(c1sccc1Br)C1CCCCCC1. The summed E-state index contributed by atoms with van der Waals surface area (Å²) in [5, 5.41) is 2.12. The largest absolute Gasteiger partial charge is 0.323 e. The standard InChI is InChI=1S/C12H18BrNS/c13-10-7-8-15-12(10)11(14)9-5-3-1-2-4-6-9/h7-9,11H,1-6,14H2. The summed E-state index contributed by atoms with van der Waals surface area (Å²) >= 11 is 5.37. The summed E-state index contributed by atoms with van der Waals surface area (Å²) in [6.45, 7) is 0. The first-order valence-electron chi connectivity index (χ1n) is 5.77. The molecule has 0 spiro atoms. The van der Waals surface area contributed by atoms with E-state index >= 15 is 0 Å². The molecule has 1 nitrogen and oxygen atoms in total. The van der Waals surface area contributed by atoms with Crippen LogP contribution >= 0.6 is 27.3 Å². The van der Waals surface area contributed by atoms with Gasteiger partial charge in [0.05, 0.1) is 0 Å². The highest BCUT2D eigenvalue weighted by molar-refractivity contribution is 9.10. The number of thiophene rings is 1. The van der Waals surface area contributed by atoms with Crippen LogP contribution in [-0.4, -0.2) is 0 Å². The molecule has 1 fully saturated rings.